The minimum Gasteiger partial charge on any atom is -0.435 e. The van der Waals surface area contributed by atoms with Gasteiger partial charge in [0.15, 0.2) is 0 Å². The number of esters is 2. The van der Waals surface area contributed by atoms with Crippen LogP contribution in [0.1, 0.15) is 11.1 Å². The maximum atomic E-state index is 11.2. The zero-order valence-corrected chi connectivity index (χ0v) is 9.93. The lowest BCUT2D eigenvalue weighted by Gasteiger charge is -2.03. The molecule has 0 saturated carbocycles. The Hall–Kier alpha value is -2.36. The normalized spacial score (nSPS) is 9.33. The van der Waals surface area contributed by atoms with Crippen LogP contribution < -0.4 is 0 Å². The van der Waals surface area contributed by atoms with E-state index in [1.165, 1.54) is 0 Å². The molecule has 0 aliphatic carbocycles. The van der Waals surface area contributed by atoms with Crippen LogP contribution in [0.4, 0.5) is 0 Å². The zero-order chi connectivity index (χ0) is 13.4. The lowest BCUT2D eigenvalue weighted by Crippen LogP contribution is -2.05. The summed E-state index contributed by atoms with van der Waals surface area (Å²) in [5.74, 6) is -0.743. The fourth-order valence-corrected chi connectivity index (χ4v) is 1.38. The lowest BCUT2D eigenvalue weighted by atomic mass is 10.1. The molecule has 4 nitrogen and oxygen atoms in total. The lowest BCUT2D eigenvalue weighted by molar-refractivity contribution is -0.138. The number of hydrogen-bond acceptors (Lipinski definition) is 4. The zero-order valence-electron chi connectivity index (χ0n) is 9.93. The van der Waals surface area contributed by atoms with Crippen LogP contribution in [-0.4, -0.2) is 11.9 Å². The first-order valence-corrected chi connectivity index (χ1v) is 5.34. The van der Waals surface area contributed by atoms with Crippen molar-refractivity contribution in [2.45, 2.75) is 12.8 Å². The van der Waals surface area contributed by atoms with Crippen LogP contribution >= 0.6 is 0 Å². The van der Waals surface area contributed by atoms with Gasteiger partial charge in [-0.3, -0.25) is 9.59 Å². The first-order valence-electron chi connectivity index (χ1n) is 5.34. The Labute approximate surface area is 106 Å². The molecule has 94 valence electrons. The van der Waals surface area contributed by atoms with Crippen LogP contribution in [0.2, 0.25) is 0 Å². The molecule has 0 N–H and O–H groups in total. The fraction of sp³-hybridized carbons (Fsp3) is 0.143. The molecule has 0 aliphatic rings. The van der Waals surface area contributed by atoms with E-state index in [4.69, 9.17) is 0 Å². The summed E-state index contributed by atoms with van der Waals surface area (Å²) in [6.07, 6.45) is 2.54. The van der Waals surface area contributed by atoms with Crippen LogP contribution in [0.15, 0.2) is 49.9 Å². The third-order valence-corrected chi connectivity index (χ3v) is 2.15. The van der Waals surface area contributed by atoms with Gasteiger partial charge in [0, 0.05) is 0 Å². The standard InChI is InChI=1S/C14H14O4/c1-3-17-13(15)9-11-5-7-12(8-6-11)10-14(16)18-4-2/h3-8H,1-2,9-10H2. The van der Waals surface area contributed by atoms with Gasteiger partial charge in [0.2, 0.25) is 0 Å². The quantitative estimate of drug-likeness (QED) is 0.570. The van der Waals surface area contributed by atoms with Gasteiger partial charge >= 0.3 is 11.9 Å². The van der Waals surface area contributed by atoms with Crippen LogP contribution in [0.5, 0.6) is 0 Å². The van der Waals surface area contributed by atoms with Crippen LogP contribution in [0, 0.1) is 0 Å². The summed E-state index contributed by atoms with van der Waals surface area (Å²) in [6.45, 7) is 6.61. The van der Waals surface area contributed by atoms with E-state index < -0.39 is 0 Å². The van der Waals surface area contributed by atoms with Gasteiger partial charge in [0.25, 0.3) is 0 Å². The minimum atomic E-state index is -0.371. The van der Waals surface area contributed by atoms with Gasteiger partial charge in [0.05, 0.1) is 25.4 Å². The number of rotatable bonds is 6. The van der Waals surface area contributed by atoms with Crippen molar-refractivity contribution >= 4 is 11.9 Å². The van der Waals surface area contributed by atoms with Gasteiger partial charge in [-0.05, 0) is 11.1 Å². The van der Waals surface area contributed by atoms with E-state index in [0.29, 0.717) is 0 Å². The van der Waals surface area contributed by atoms with E-state index in [0.717, 1.165) is 23.7 Å². The summed E-state index contributed by atoms with van der Waals surface area (Å²) in [6, 6.07) is 7.06. The van der Waals surface area contributed by atoms with E-state index >= 15 is 0 Å². The van der Waals surface area contributed by atoms with E-state index in [1.54, 1.807) is 24.3 Å². The molecule has 4 heteroatoms. The molecule has 1 aromatic rings. The van der Waals surface area contributed by atoms with E-state index in [1.807, 2.05) is 0 Å². The molecule has 0 aromatic heterocycles. The topological polar surface area (TPSA) is 52.6 Å². The SMILES string of the molecule is C=COC(=O)Cc1ccc(CC(=O)OC=C)cc1. The molecule has 0 fully saturated rings. The summed E-state index contributed by atoms with van der Waals surface area (Å²) in [5, 5.41) is 0. The van der Waals surface area contributed by atoms with Crippen molar-refractivity contribution in [3.63, 3.8) is 0 Å². The molecule has 1 aromatic carbocycles. The Morgan fingerprint density at radius 1 is 0.889 bits per heavy atom. The third-order valence-electron chi connectivity index (χ3n) is 2.15. The highest BCUT2D eigenvalue weighted by atomic mass is 16.5. The van der Waals surface area contributed by atoms with E-state index in [-0.39, 0.29) is 24.8 Å². The monoisotopic (exact) mass is 246 g/mol. The van der Waals surface area contributed by atoms with Crippen molar-refractivity contribution in [3.8, 4) is 0 Å². The smallest absolute Gasteiger partial charge is 0.315 e. The van der Waals surface area contributed by atoms with Crippen LogP contribution in [-0.2, 0) is 31.9 Å². The Kier molecular flexibility index (Phi) is 5.38. The molecule has 0 unspecified atom stereocenters. The molecule has 1 rings (SSSR count). The molecule has 0 radical (unpaired) electrons. The maximum Gasteiger partial charge on any atom is 0.315 e. The number of ether oxygens (including phenoxy) is 2. The van der Waals surface area contributed by atoms with Gasteiger partial charge in [-0.25, -0.2) is 0 Å². The Balaban J connectivity index is 2.57. The molecule has 18 heavy (non-hydrogen) atoms. The molecule has 0 spiro atoms. The van der Waals surface area contributed by atoms with Crippen molar-refractivity contribution in [1.29, 1.82) is 0 Å². The minimum absolute atomic E-state index is 0.170. The third kappa shape index (κ3) is 4.65. The van der Waals surface area contributed by atoms with Gasteiger partial charge in [-0.1, -0.05) is 37.4 Å². The van der Waals surface area contributed by atoms with Crippen molar-refractivity contribution in [2.75, 3.05) is 0 Å². The predicted molar refractivity (Wildman–Crippen MR) is 66.4 cm³/mol. The summed E-state index contributed by atoms with van der Waals surface area (Å²) < 4.78 is 9.22. The molecular formula is C14H14O4. The first kappa shape index (κ1) is 13.7. The Morgan fingerprint density at radius 3 is 1.50 bits per heavy atom. The molecule has 0 saturated heterocycles. The molecule has 0 aliphatic heterocycles. The van der Waals surface area contributed by atoms with Crippen molar-refractivity contribution < 1.29 is 19.1 Å². The molecule has 0 amide bonds. The molecular weight excluding hydrogens is 232 g/mol. The van der Waals surface area contributed by atoms with Gasteiger partial charge in [-0.2, -0.15) is 0 Å². The molecule has 0 bridgehead atoms. The van der Waals surface area contributed by atoms with Crippen molar-refractivity contribution in [3.05, 3.63) is 61.1 Å². The Morgan fingerprint density at radius 2 is 1.22 bits per heavy atom. The predicted octanol–water partition coefficient (Wildman–Crippen LogP) is 2.14. The highest BCUT2D eigenvalue weighted by Crippen LogP contribution is 2.07. The summed E-state index contributed by atoms with van der Waals surface area (Å²) >= 11 is 0. The van der Waals surface area contributed by atoms with Gasteiger partial charge < -0.3 is 9.47 Å². The van der Waals surface area contributed by atoms with Gasteiger partial charge in [0.1, 0.15) is 0 Å². The second-order valence-electron chi connectivity index (χ2n) is 3.48. The highest BCUT2D eigenvalue weighted by molar-refractivity contribution is 5.74. The second kappa shape index (κ2) is 7.06. The number of benzene rings is 1. The van der Waals surface area contributed by atoms with Crippen LogP contribution in [0.3, 0.4) is 0 Å². The Bertz CT molecular complexity index is 402. The van der Waals surface area contributed by atoms with Crippen molar-refractivity contribution in [1.82, 2.24) is 0 Å². The fourth-order valence-electron chi connectivity index (χ4n) is 1.38. The summed E-state index contributed by atoms with van der Waals surface area (Å²) in [5.41, 5.74) is 1.62. The number of hydrogen-bond donors (Lipinski definition) is 0. The average Bonchev–Trinajstić information content (AvgIpc) is 2.32. The van der Waals surface area contributed by atoms with Crippen LogP contribution in [0.25, 0.3) is 0 Å². The largest absolute Gasteiger partial charge is 0.435 e. The van der Waals surface area contributed by atoms with E-state index in [2.05, 4.69) is 22.6 Å². The number of carbonyl (C=O) groups excluding carboxylic acids is 2. The average molecular weight is 246 g/mol. The van der Waals surface area contributed by atoms with Gasteiger partial charge in [-0.15, -0.1) is 0 Å². The van der Waals surface area contributed by atoms with E-state index in [9.17, 15) is 9.59 Å². The summed E-state index contributed by atoms with van der Waals surface area (Å²) in [4.78, 5) is 22.4. The summed E-state index contributed by atoms with van der Waals surface area (Å²) in [7, 11) is 0. The second-order valence-corrected chi connectivity index (χ2v) is 3.48. The number of carbonyl (C=O) groups is 2. The molecule has 0 heterocycles. The highest BCUT2D eigenvalue weighted by Gasteiger charge is 2.06. The first-order chi connectivity index (χ1) is 8.65. The maximum absolute atomic E-state index is 11.2. The van der Waals surface area contributed by atoms with Crippen molar-refractivity contribution in [2.24, 2.45) is 0 Å². The molecule has 0 atom stereocenters.